The van der Waals surface area contributed by atoms with E-state index in [1.54, 1.807) is 37.3 Å². The Bertz CT molecular complexity index is 1150. The maximum absolute atomic E-state index is 13.2. The van der Waals surface area contributed by atoms with Gasteiger partial charge in [0.05, 0.1) is 23.9 Å². The van der Waals surface area contributed by atoms with Gasteiger partial charge < -0.3 is 14.4 Å². The van der Waals surface area contributed by atoms with E-state index in [0.717, 1.165) is 11.3 Å². The maximum atomic E-state index is 13.2. The lowest BCUT2D eigenvalue weighted by Gasteiger charge is -2.16. The van der Waals surface area contributed by atoms with E-state index in [-0.39, 0.29) is 41.7 Å². The molecule has 2 N–H and O–H groups in total. The van der Waals surface area contributed by atoms with E-state index in [9.17, 15) is 19.5 Å². The lowest BCUT2D eigenvalue weighted by Crippen LogP contribution is -2.32. The van der Waals surface area contributed by atoms with Crippen LogP contribution in [0.15, 0.2) is 47.1 Å². The predicted molar refractivity (Wildman–Crippen MR) is 110 cm³/mol. The van der Waals surface area contributed by atoms with Crippen LogP contribution in [-0.4, -0.2) is 33.1 Å². The number of pyridine rings is 1. The molecule has 0 aliphatic rings. The molecule has 0 unspecified atom stereocenters. The van der Waals surface area contributed by atoms with Crippen LogP contribution in [0.5, 0.6) is 5.88 Å². The third kappa shape index (κ3) is 4.19. The molecule has 2 aromatic heterocycles. The Morgan fingerprint density at radius 1 is 1.38 bits per heavy atom. The number of nitrogens with zero attached hydrogens (tertiary/aromatic N) is 2. The summed E-state index contributed by atoms with van der Waals surface area (Å²) < 4.78 is 6.45. The summed E-state index contributed by atoms with van der Waals surface area (Å²) in [6, 6.07) is 7.03. The predicted octanol–water partition coefficient (Wildman–Crippen LogP) is 2.71. The van der Waals surface area contributed by atoms with Gasteiger partial charge in [0.15, 0.2) is 5.13 Å². The van der Waals surface area contributed by atoms with Gasteiger partial charge in [0, 0.05) is 11.9 Å². The van der Waals surface area contributed by atoms with Crippen molar-refractivity contribution < 1.29 is 19.4 Å². The number of fused-ring (bicyclic) bond motifs is 1. The minimum Gasteiger partial charge on any atom is -0.493 e. The summed E-state index contributed by atoms with van der Waals surface area (Å²) in [5.74, 6) is -1.49. The molecule has 0 radical (unpaired) electrons. The Morgan fingerprint density at radius 2 is 2.14 bits per heavy atom. The SMILES string of the molecule is C=CCn1c(=O)c(C(=O)Nc2nc(O)cs2)c(CC(=O)OCC)c2ccccc21. The number of hydrogen-bond acceptors (Lipinski definition) is 7. The second-order valence-corrected chi connectivity index (χ2v) is 6.88. The number of carbonyl (C=O) groups is 2. The number of nitrogens with one attached hydrogen (secondary N) is 1. The number of anilines is 1. The summed E-state index contributed by atoms with van der Waals surface area (Å²) in [6.45, 7) is 5.73. The molecule has 0 saturated heterocycles. The summed E-state index contributed by atoms with van der Waals surface area (Å²) in [6.07, 6.45) is 1.32. The lowest BCUT2D eigenvalue weighted by atomic mass is 9.99. The highest BCUT2D eigenvalue weighted by Crippen LogP contribution is 2.24. The molecule has 0 saturated carbocycles. The van der Waals surface area contributed by atoms with E-state index < -0.39 is 17.4 Å². The van der Waals surface area contributed by atoms with Crippen LogP contribution in [0.2, 0.25) is 0 Å². The summed E-state index contributed by atoms with van der Waals surface area (Å²) >= 11 is 1.01. The fraction of sp³-hybridized carbons (Fsp3) is 0.200. The number of hydrogen-bond donors (Lipinski definition) is 2. The molecule has 29 heavy (non-hydrogen) atoms. The van der Waals surface area contributed by atoms with E-state index >= 15 is 0 Å². The summed E-state index contributed by atoms with van der Waals surface area (Å²) in [7, 11) is 0. The van der Waals surface area contributed by atoms with Crippen molar-refractivity contribution in [1.29, 1.82) is 0 Å². The van der Waals surface area contributed by atoms with Gasteiger partial charge in [-0.3, -0.25) is 19.7 Å². The largest absolute Gasteiger partial charge is 0.493 e. The summed E-state index contributed by atoms with van der Waals surface area (Å²) in [5.41, 5.74) is 0.136. The zero-order chi connectivity index (χ0) is 21.0. The van der Waals surface area contributed by atoms with Crippen LogP contribution in [0.1, 0.15) is 22.8 Å². The first kappa shape index (κ1) is 20.3. The minimum absolute atomic E-state index is 0.136. The fourth-order valence-electron chi connectivity index (χ4n) is 3.04. The zero-order valence-electron chi connectivity index (χ0n) is 15.7. The second-order valence-electron chi connectivity index (χ2n) is 6.02. The van der Waals surface area contributed by atoms with Crippen LogP contribution >= 0.6 is 11.3 Å². The third-order valence-corrected chi connectivity index (χ3v) is 4.90. The molecule has 2 heterocycles. The molecule has 0 fully saturated rings. The molecule has 3 rings (SSSR count). The van der Waals surface area contributed by atoms with Gasteiger partial charge in [-0.25, -0.2) is 0 Å². The number of thiazole rings is 1. The number of aromatic hydroxyl groups is 1. The van der Waals surface area contributed by atoms with Gasteiger partial charge in [-0.15, -0.1) is 17.9 Å². The fourth-order valence-corrected chi connectivity index (χ4v) is 3.61. The first-order valence-corrected chi connectivity index (χ1v) is 9.71. The molecule has 9 heteroatoms. The molecule has 0 atom stereocenters. The molecule has 0 aliphatic heterocycles. The number of carbonyl (C=O) groups excluding carboxylic acids is 2. The average Bonchev–Trinajstić information content (AvgIpc) is 3.09. The maximum Gasteiger partial charge on any atom is 0.310 e. The quantitative estimate of drug-likeness (QED) is 0.455. The van der Waals surface area contributed by atoms with E-state index in [4.69, 9.17) is 4.74 Å². The van der Waals surface area contributed by atoms with Crippen LogP contribution in [0.25, 0.3) is 10.9 Å². The average molecular weight is 413 g/mol. The van der Waals surface area contributed by atoms with Gasteiger partial charge in [0.2, 0.25) is 5.88 Å². The van der Waals surface area contributed by atoms with E-state index in [1.807, 2.05) is 0 Å². The number of benzene rings is 1. The number of allylic oxidation sites excluding steroid dienone is 1. The topological polar surface area (TPSA) is 111 Å². The smallest absolute Gasteiger partial charge is 0.310 e. The van der Waals surface area contributed by atoms with Crippen LogP contribution < -0.4 is 10.9 Å². The van der Waals surface area contributed by atoms with Gasteiger partial charge in [-0.1, -0.05) is 24.3 Å². The first-order chi connectivity index (χ1) is 14.0. The molecule has 3 aromatic rings. The van der Waals surface area contributed by atoms with Crippen LogP contribution in [0.3, 0.4) is 0 Å². The van der Waals surface area contributed by atoms with Crippen LogP contribution in [0, 0.1) is 0 Å². The number of rotatable bonds is 7. The standard InChI is InChI=1S/C20H19N3O5S/c1-3-9-23-14-8-6-5-7-12(14)13(10-16(25)28-4-2)17(19(23)27)18(26)22-20-21-15(24)11-29-20/h3,5-8,11,24H,1,4,9-10H2,2H3,(H,21,22,26). The molecular weight excluding hydrogens is 394 g/mol. The molecule has 150 valence electrons. The van der Waals surface area contributed by atoms with Crippen molar-refractivity contribution in [2.75, 3.05) is 11.9 Å². The van der Waals surface area contributed by atoms with Crippen molar-refractivity contribution in [2.24, 2.45) is 0 Å². The van der Waals surface area contributed by atoms with Gasteiger partial charge in [0.25, 0.3) is 11.5 Å². The minimum atomic E-state index is -0.716. The van der Waals surface area contributed by atoms with E-state index in [1.165, 1.54) is 9.95 Å². The lowest BCUT2D eigenvalue weighted by molar-refractivity contribution is -0.142. The molecule has 0 bridgehead atoms. The molecule has 1 aromatic carbocycles. The molecule has 1 amide bonds. The number of esters is 1. The Morgan fingerprint density at radius 3 is 2.79 bits per heavy atom. The Labute approximate surface area is 170 Å². The van der Waals surface area contributed by atoms with E-state index in [2.05, 4.69) is 16.9 Å². The highest BCUT2D eigenvalue weighted by Gasteiger charge is 2.24. The van der Waals surface area contributed by atoms with Crippen molar-refractivity contribution >= 4 is 39.2 Å². The van der Waals surface area contributed by atoms with Crippen molar-refractivity contribution in [3.63, 3.8) is 0 Å². The summed E-state index contributed by atoms with van der Waals surface area (Å²) in [5, 5.41) is 14.0. The van der Waals surface area contributed by atoms with Crippen LogP contribution in [-0.2, 0) is 22.5 Å². The van der Waals surface area contributed by atoms with Crippen molar-refractivity contribution in [3.05, 3.63) is 63.8 Å². The second kappa shape index (κ2) is 8.70. The summed E-state index contributed by atoms with van der Waals surface area (Å²) in [4.78, 5) is 42.2. The van der Waals surface area contributed by atoms with Crippen LogP contribution in [0.4, 0.5) is 5.13 Å². The van der Waals surface area contributed by atoms with Gasteiger partial charge >= 0.3 is 5.97 Å². The zero-order valence-corrected chi connectivity index (χ0v) is 16.5. The van der Waals surface area contributed by atoms with Gasteiger partial charge in [-0.05, 0) is 18.6 Å². The Balaban J connectivity index is 2.22. The van der Waals surface area contributed by atoms with E-state index in [0.29, 0.717) is 10.9 Å². The number of aromatic nitrogens is 2. The normalized spacial score (nSPS) is 10.7. The molecule has 8 nitrogen and oxygen atoms in total. The number of para-hydroxylation sites is 1. The Hall–Kier alpha value is -3.46. The highest BCUT2D eigenvalue weighted by molar-refractivity contribution is 7.14. The van der Waals surface area contributed by atoms with Crippen molar-refractivity contribution in [3.8, 4) is 5.88 Å². The number of ether oxygens (including phenoxy) is 1. The highest BCUT2D eigenvalue weighted by atomic mass is 32.1. The number of amides is 1. The van der Waals surface area contributed by atoms with Crippen molar-refractivity contribution in [2.45, 2.75) is 19.9 Å². The first-order valence-electron chi connectivity index (χ1n) is 8.83. The van der Waals surface area contributed by atoms with Crippen molar-refractivity contribution in [1.82, 2.24) is 9.55 Å². The van der Waals surface area contributed by atoms with Gasteiger partial charge in [0.1, 0.15) is 5.56 Å². The monoisotopic (exact) mass is 413 g/mol. The molecular formula is C20H19N3O5S. The van der Waals surface area contributed by atoms with Gasteiger partial charge in [-0.2, -0.15) is 4.98 Å². The molecule has 0 spiro atoms. The third-order valence-electron chi connectivity index (χ3n) is 4.16. The Kier molecular flexibility index (Phi) is 6.08. The molecule has 0 aliphatic carbocycles.